The van der Waals surface area contributed by atoms with Crippen LogP contribution in [0.3, 0.4) is 0 Å². The molecule has 0 fully saturated rings. The van der Waals surface area contributed by atoms with E-state index in [0.717, 1.165) is 24.0 Å². The lowest BCUT2D eigenvalue weighted by atomic mass is 10.3. The van der Waals surface area contributed by atoms with Crippen LogP contribution in [0, 0.1) is 0 Å². The van der Waals surface area contributed by atoms with Crippen molar-refractivity contribution in [2.75, 3.05) is 5.32 Å². The van der Waals surface area contributed by atoms with Crippen molar-refractivity contribution in [3.63, 3.8) is 0 Å². The van der Waals surface area contributed by atoms with Gasteiger partial charge in [0, 0.05) is 17.9 Å². The minimum absolute atomic E-state index is 0.0574. The standard InChI is InChI=1S/C19H20F3N5O3S2/c1-11(2)26-32(29,30)15-7-5-14(6-8-15)23-17(28)12(3)31-18-25-24-16-9-4-13(10-27(16)18)19(20,21)22/h4-12,26H,1-3H3,(H,23,28)/t12-/m1/s1. The molecule has 1 amide bonds. The van der Waals surface area contributed by atoms with Crippen LogP contribution < -0.4 is 10.0 Å². The normalized spacial score (nSPS) is 13.5. The number of carbonyl (C=O) groups is 1. The van der Waals surface area contributed by atoms with Gasteiger partial charge in [-0.3, -0.25) is 9.20 Å². The van der Waals surface area contributed by atoms with E-state index in [1.165, 1.54) is 34.7 Å². The molecule has 0 bridgehead atoms. The first-order valence-corrected chi connectivity index (χ1v) is 11.7. The van der Waals surface area contributed by atoms with E-state index >= 15 is 0 Å². The molecule has 172 valence electrons. The number of nitrogens with one attached hydrogen (secondary N) is 2. The Kier molecular flexibility index (Phi) is 6.81. The molecule has 0 saturated heterocycles. The SMILES string of the molecule is CC(C)NS(=O)(=O)c1ccc(NC(=O)[C@@H](C)Sc2nnc3ccc(C(F)(F)F)cn23)cc1. The highest BCUT2D eigenvalue weighted by atomic mass is 32.2. The number of aromatic nitrogens is 3. The molecular formula is C19H20F3N5O3S2. The number of carbonyl (C=O) groups excluding carboxylic acids is 1. The van der Waals surface area contributed by atoms with Crippen LogP contribution in [-0.4, -0.2) is 40.2 Å². The maximum absolute atomic E-state index is 13.0. The van der Waals surface area contributed by atoms with Crippen molar-refractivity contribution in [2.45, 2.75) is 48.3 Å². The van der Waals surface area contributed by atoms with Crippen molar-refractivity contribution in [2.24, 2.45) is 0 Å². The van der Waals surface area contributed by atoms with E-state index in [9.17, 15) is 26.4 Å². The number of pyridine rings is 1. The zero-order chi connectivity index (χ0) is 23.7. The highest BCUT2D eigenvalue weighted by Gasteiger charge is 2.31. The summed E-state index contributed by atoms with van der Waals surface area (Å²) in [5, 5.41) is 9.75. The molecule has 0 radical (unpaired) electrons. The number of fused-ring (bicyclic) bond motifs is 1. The van der Waals surface area contributed by atoms with Gasteiger partial charge in [0.25, 0.3) is 0 Å². The van der Waals surface area contributed by atoms with E-state index < -0.39 is 32.9 Å². The number of rotatable bonds is 7. The van der Waals surface area contributed by atoms with Crippen LogP contribution in [0.15, 0.2) is 52.6 Å². The summed E-state index contributed by atoms with van der Waals surface area (Å²) in [4.78, 5) is 12.6. The predicted octanol–water partition coefficient (Wildman–Crippen LogP) is 3.55. The molecule has 0 unspecified atom stereocenters. The van der Waals surface area contributed by atoms with Gasteiger partial charge in [0.15, 0.2) is 10.8 Å². The Hall–Kier alpha value is -2.64. The Morgan fingerprint density at radius 3 is 2.31 bits per heavy atom. The highest BCUT2D eigenvalue weighted by Crippen LogP contribution is 2.31. The number of amides is 1. The number of hydrogen-bond donors (Lipinski definition) is 2. The fourth-order valence-corrected chi connectivity index (χ4v) is 4.75. The first kappa shape index (κ1) is 24.0. The smallest absolute Gasteiger partial charge is 0.325 e. The van der Waals surface area contributed by atoms with Crippen molar-refractivity contribution < 1.29 is 26.4 Å². The van der Waals surface area contributed by atoms with Crippen LogP contribution in [0.5, 0.6) is 0 Å². The van der Waals surface area contributed by atoms with E-state index in [2.05, 4.69) is 20.2 Å². The number of halogens is 3. The number of thioether (sulfide) groups is 1. The van der Waals surface area contributed by atoms with E-state index in [1.807, 2.05) is 0 Å². The minimum atomic E-state index is -4.52. The molecule has 3 rings (SSSR count). The number of hydrogen-bond acceptors (Lipinski definition) is 6. The van der Waals surface area contributed by atoms with Crippen LogP contribution in [0.1, 0.15) is 26.3 Å². The van der Waals surface area contributed by atoms with Gasteiger partial charge in [-0.05, 0) is 57.2 Å². The summed E-state index contributed by atoms with van der Waals surface area (Å²) >= 11 is 0.945. The fraction of sp³-hybridized carbons (Fsp3) is 0.316. The van der Waals surface area contributed by atoms with E-state index in [4.69, 9.17) is 0 Å². The van der Waals surface area contributed by atoms with Crippen LogP contribution >= 0.6 is 11.8 Å². The predicted molar refractivity (Wildman–Crippen MR) is 114 cm³/mol. The van der Waals surface area contributed by atoms with Gasteiger partial charge < -0.3 is 5.32 Å². The largest absolute Gasteiger partial charge is 0.417 e. The first-order chi connectivity index (χ1) is 14.9. The number of anilines is 1. The number of sulfonamides is 1. The topological polar surface area (TPSA) is 105 Å². The third kappa shape index (κ3) is 5.58. The second kappa shape index (κ2) is 9.08. The van der Waals surface area contributed by atoms with Gasteiger partial charge in [-0.25, -0.2) is 13.1 Å². The van der Waals surface area contributed by atoms with Crippen LogP contribution in [-0.2, 0) is 21.0 Å². The maximum Gasteiger partial charge on any atom is 0.417 e. The summed E-state index contributed by atoms with van der Waals surface area (Å²) in [6, 6.07) is 7.48. The molecule has 2 aromatic heterocycles. The van der Waals surface area contributed by atoms with Gasteiger partial charge in [-0.15, -0.1) is 10.2 Å². The molecule has 0 aliphatic carbocycles. The molecular weight excluding hydrogens is 467 g/mol. The lowest BCUT2D eigenvalue weighted by Crippen LogP contribution is -2.30. The van der Waals surface area contributed by atoms with Crippen molar-refractivity contribution in [3.05, 3.63) is 48.2 Å². The van der Waals surface area contributed by atoms with Crippen molar-refractivity contribution in [1.82, 2.24) is 19.3 Å². The fourth-order valence-electron chi connectivity index (χ4n) is 2.67. The number of benzene rings is 1. The summed E-state index contributed by atoms with van der Waals surface area (Å²) < 4.78 is 66.9. The van der Waals surface area contributed by atoms with Gasteiger partial charge in [-0.1, -0.05) is 11.8 Å². The Labute approximate surface area is 186 Å². The van der Waals surface area contributed by atoms with Gasteiger partial charge in [0.2, 0.25) is 15.9 Å². The summed E-state index contributed by atoms with van der Waals surface area (Å²) in [6.45, 7) is 4.97. The monoisotopic (exact) mass is 487 g/mol. The third-order valence-corrected chi connectivity index (χ3v) is 6.90. The van der Waals surface area contributed by atoms with Gasteiger partial charge in [0.05, 0.1) is 15.7 Å². The summed E-state index contributed by atoms with van der Waals surface area (Å²) in [5.74, 6) is -0.436. The molecule has 0 saturated carbocycles. The van der Waals surface area contributed by atoms with Gasteiger partial charge in [-0.2, -0.15) is 13.2 Å². The summed E-state index contributed by atoms with van der Waals surface area (Å²) in [6.07, 6.45) is -3.64. The zero-order valence-electron chi connectivity index (χ0n) is 17.2. The third-order valence-electron chi connectivity index (χ3n) is 4.17. The minimum Gasteiger partial charge on any atom is -0.325 e. The molecule has 8 nitrogen and oxygen atoms in total. The lowest BCUT2D eigenvalue weighted by Gasteiger charge is -2.13. The molecule has 2 N–H and O–H groups in total. The summed E-state index contributed by atoms with van der Waals surface area (Å²) in [7, 11) is -3.66. The maximum atomic E-state index is 13.0. The highest BCUT2D eigenvalue weighted by molar-refractivity contribution is 8.00. The van der Waals surface area contributed by atoms with Crippen molar-refractivity contribution in [3.8, 4) is 0 Å². The average molecular weight is 488 g/mol. The van der Waals surface area contributed by atoms with E-state index in [-0.39, 0.29) is 21.7 Å². The molecule has 0 aliphatic heterocycles. The molecule has 0 aliphatic rings. The molecule has 13 heteroatoms. The average Bonchev–Trinajstić information content (AvgIpc) is 3.09. The number of nitrogens with zero attached hydrogens (tertiary/aromatic N) is 3. The molecule has 3 aromatic rings. The molecule has 1 aromatic carbocycles. The molecule has 1 atom stereocenters. The first-order valence-electron chi connectivity index (χ1n) is 9.39. The van der Waals surface area contributed by atoms with Gasteiger partial charge >= 0.3 is 6.18 Å². The Bertz CT molecular complexity index is 1230. The van der Waals surface area contributed by atoms with Crippen LogP contribution in [0.25, 0.3) is 5.65 Å². The number of alkyl halides is 3. The molecule has 2 heterocycles. The van der Waals surface area contributed by atoms with E-state index in [1.54, 1.807) is 20.8 Å². The van der Waals surface area contributed by atoms with Crippen molar-refractivity contribution in [1.29, 1.82) is 0 Å². The summed E-state index contributed by atoms with van der Waals surface area (Å²) in [5.41, 5.74) is -0.262. The quantitative estimate of drug-likeness (QED) is 0.494. The van der Waals surface area contributed by atoms with Crippen LogP contribution in [0.4, 0.5) is 18.9 Å². The van der Waals surface area contributed by atoms with E-state index in [0.29, 0.717) is 5.69 Å². The van der Waals surface area contributed by atoms with Gasteiger partial charge in [0.1, 0.15) is 0 Å². The second-order valence-electron chi connectivity index (χ2n) is 7.18. The molecule has 0 spiro atoms. The Morgan fingerprint density at radius 2 is 1.72 bits per heavy atom. The Morgan fingerprint density at radius 1 is 1.06 bits per heavy atom. The Balaban J connectivity index is 1.70. The lowest BCUT2D eigenvalue weighted by molar-refractivity contribution is -0.137. The zero-order valence-corrected chi connectivity index (χ0v) is 18.8. The van der Waals surface area contributed by atoms with Crippen LogP contribution in [0.2, 0.25) is 0 Å². The molecule has 32 heavy (non-hydrogen) atoms. The second-order valence-corrected chi connectivity index (χ2v) is 10.2. The van der Waals surface area contributed by atoms with Crippen molar-refractivity contribution >= 4 is 39.0 Å².